The molecule has 0 saturated carbocycles. The van der Waals surface area contributed by atoms with Crippen molar-refractivity contribution in [3.05, 3.63) is 29.8 Å². The lowest BCUT2D eigenvalue weighted by molar-refractivity contribution is -0.135. The first kappa shape index (κ1) is 16.9. The second-order valence-corrected chi connectivity index (χ2v) is 6.07. The Balaban J connectivity index is 2.50. The first-order valence-corrected chi connectivity index (χ1v) is 7.57. The van der Waals surface area contributed by atoms with E-state index in [1.807, 2.05) is 0 Å². The van der Waals surface area contributed by atoms with Gasteiger partial charge in [-0.05, 0) is 37.6 Å². The molecule has 0 fully saturated rings. The Bertz CT molecular complexity index is 527. The van der Waals surface area contributed by atoms with E-state index >= 15 is 0 Å². The highest BCUT2D eigenvalue weighted by Crippen LogP contribution is 2.21. The summed E-state index contributed by atoms with van der Waals surface area (Å²) in [5.74, 6) is 0. The first-order valence-electron chi connectivity index (χ1n) is 6.02. The molecule has 0 radical (unpaired) electrons. The summed E-state index contributed by atoms with van der Waals surface area (Å²) in [7, 11) is -3.73. The summed E-state index contributed by atoms with van der Waals surface area (Å²) < 4.78 is 58.0. The van der Waals surface area contributed by atoms with E-state index in [0.29, 0.717) is 0 Å². The molecule has 0 amide bonds. The number of primary sulfonamides is 1. The van der Waals surface area contributed by atoms with Crippen LogP contribution in [0.15, 0.2) is 29.2 Å². The number of rotatable bonds is 6. The molecule has 0 heterocycles. The summed E-state index contributed by atoms with van der Waals surface area (Å²) in [6.07, 6.45) is -4.96. The number of benzene rings is 1. The zero-order valence-electron chi connectivity index (χ0n) is 10.9. The minimum absolute atomic E-state index is 0.00308. The topological polar surface area (TPSA) is 72.2 Å². The molecule has 1 aromatic rings. The number of alkyl halides is 3. The smallest absolute Gasteiger partial charge is 0.310 e. The third-order valence-corrected chi connectivity index (χ3v) is 3.73. The van der Waals surface area contributed by atoms with Crippen molar-refractivity contribution in [3.8, 4) is 0 Å². The van der Waals surface area contributed by atoms with Gasteiger partial charge in [0.05, 0.1) is 4.90 Å². The van der Waals surface area contributed by atoms with Crippen LogP contribution in [0.1, 0.15) is 31.4 Å². The highest BCUT2D eigenvalue weighted by atomic mass is 32.2. The second-order valence-electron chi connectivity index (χ2n) is 4.51. The average molecular weight is 310 g/mol. The number of hydrogen-bond acceptors (Lipinski definition) is 3. The Hall–Kier alpha value is -1.12. The molecule has 1 rings (SSSR count). The van der Waals surface area contributed by atoms with Crippen molar-refractivity contribution in [1.82, 2.24) is 5.32 Å². The molecule has 0 bridgehead atoms. The van der Waals surface area contributed by atoms with Gasteiger partial charge in [0.2, 0.25) is 10.0 Å². The molecule has 0 aliphatic carbocycles. The van der Waals surface area contributed by atoms with Crippen LogP contribution in [-0.4, -0.2) is 21.1 Å². The number of sulfonamides is 1. The van der Waals surface area contributed by atoms with Crippen molar-refractivity contribution in [2.75, 3.05) is 6.54 Å². The maximum Gasteiger partial charge on any atom is 0.389 e. The van der Waals surface area contributed by atoms with Gasteiger partial charge in [0.25, 0.3) is 0 Å². The van der Waals surface area contributed by atoms with Gasteiger partial charge in [0.1, 0.15) is 0 Å². The highest BCUT2D eigenvalue weighted by Gasteiger charge is 2.25. The fourth-order valence-electron chi connectivity index (χ4n) is 1.67. The molecule has 0 spiro atoms. The zero-order chi connectivity index (χ0) is 15.4. The lowest BCUT2D eigenvalue weighted by Crippen LogP contribution is -2.21. The third kappa shape index (κ3) is 5.89. The van der Waals surface area contributed by atoms with Gasteiger partial charge in [-0.1, -0.05) is 12.1 Å². The molecular formula is C12H17F3N2O2S. The predicted molar refractivity (Wildman–Crippen MR) is 69.5 cm³/mol. The van der Waals surface area contributed by atoms with Crippen molar-refractivity contribution in [3.63, 3.8) is 0 Å². The van der Waals surface area contributed by atoms with Crippen molar-refractivity contribution in [2.24, 2.45) is 5.14 Å². The van der Waals surface area contributed by atoms with Crippen LogP contribution in [0, 0.1) is 0 Å². The molecule has 0 aliphatic heterocycles. The molecule has 0 saturated heterocycles. The molecule has 0 aliphatic rings. The van der Waals surface area contributed by atoms with Gasteiger partial charge in [-0.25, -0.2) is 13.6 Å². The summed E-state index contributed by atoms with van der Waals surface area (Å²) in [5, 5.41) is 7.92. The van der Waals surface area contributed by atoms with Gasteiger partial charge >= 0.3 is 6.18 Å². The van der Waals surface area contributed by atoms with Gasteiger partial charge in [-0.15, -0.1) is 0 Å². The lowest BCUT2D eigenvalue weighted by atomic mass is 10.1. The quantitative estimate of drug-likeness (QED) is 0.792. The summed E-state index contributed by atoms with van der Waals surface area (Å²) >= 11 is 0. The fourth-order valence-corrected chi connectivity index (χ4v) is 2.19. The molecule has 1 unspecified atom stereocenters. The van der Waals surface area contributed by atoms with Crippen LogP contribution >= 0.6 is 0 Å². The molecule has 1 atom stereocenters. The summed E-state index contributed by atoms with van der Waals surface area (Å²) in [6.45, 7) is 2.02. The molecule has 3 N–H and O–H groups in total. The molecule has 1 aromatic carbocycles. The number of nitrogens with one attached hydrogen (secondary N) is 1. The van der Waals surface area contributed by atoms with Crippen molar-refractivity contribution < 1.29 is 21.6 Å². The largest absolute Gasteiger partial charge is 0.389 e. The monoisotopic (exact) mass is 310 g/mol. The average Bonchev–Trinajstić information content (AvgIpc) is 2.32. The van der Waals surface area contributed by atoms with E-state index in [1.165, 1.54) is 12.1 Å². The normalized spacial score (nSPS) is 14.2. The maximum absolute atomic E-state index is 12.0. The van der Waals surface area contributed by atoms with Gasteiger partial charge in [0.15, 0.2) is 0 Å². The van der Waals surface area contributed by atoms with E-state index in [-0.39, 0.29) is 23.9 Å². The summed E-state index contributed by atoms with van der Waals surface area (Å²) in [5.41, 5.74) is 0.782. The van der Waals surface area contributed by atoms with Crippen LogP contribution in [0.25, 0.3) is 0 Å². The predicted octanol–water partition coefficient (Wildman–Crippen LogP) is 2.33. The number of hydrogen-bond donors (Lipinski definition) is 2. The molecule has 8 heteroatoms. The Labute approximate surface area is 116 Å². The Morgan fingerprint density at radius 1 is 1.25 bits per heavy atom. The highest BCUT2D eigenvalue weighted by molar-refractivity contribution is 7.89. The van der Waals surface area contributed by atoms with Crippen LogP contribution in [-0.2, 0) is 10.0 Å². The Morgan fingerprint density at radius 3 is 2.25 bits per heavy atom. The number of halogens is 3. The van der Waals surface area contributed by atoms with Crippen LogP contribution in [0.4, 0.5) is 13.2 Å². The van der Waals surface area contributed by atoms with Crippen LogP contribution < -0.4 is 10.5 Å². The molecule has 0 aromatic heterocycles. The standard InChI is InChI=1S/C12H17F3N2O2S/c1-9(17-8-2-7-12(13,14)15)10-3-5-11(6-4-10)20(16,18)19/h3-6,9,17H,2,7-8H2,1H3,(H2,16,18,19). The number of nitrogens with two attached hydrogens (primary N) is 1. The minimum atomic E-state index is -4.14. The molecular weight excluding hydrogens is 293 g/mol. The van der Waals surface area contributed by atoms with Gasteiger partial charge in [-0.3, -0.25) is 0 Å². The van der Waals surface area contributed by atoms with E-state index in [0.717, 1.165) is 5.56 Å². The van der Waals surface area contributed by atoms with Crippen LogP contribution in [0.2, 0.25) is 0 Å². The molecule has 4 nitrogen and oxygen atoms in total. The van der Waals surface area contributed by atoms with Crippen molar-refractivity contribution in [2.45, 2.75) is 36.9 Å². The third-order valence-electron chi connectivity index (χ3n) is 2.80. The SMILES string of the molecule is CC(NCCCC(F)(F)F)c1ccc(S(N)(=O)=O)cc1. The Kier molecular flexibility index (Phi) is 5.55. The second kappa shape index (κ2) is 6.55. The van der Waals surface area contributed by atoms with E-state index < -0.39 is 22.6 Å². The van der Waals surface area contributed by atoms with Crippen LogP contribution in [0.5, 0.6) is 0 Å². The van der Waals surface area contributed by atoms with Gasteiger partial charge in [0, 0.05) is 12.5 Å². The Morgan fingerprint density at radius 2 is 1.80 bits per heavy atom. The fraction of sp³-hybridized carbons (Fsp3) is 0.500. The van der Waals surface area contributed by atoms with E-state index in [2.05, 4.69) is 5.32 Å². The van der Waals surface area contributed by atoms with Crippen molar-refractivity contribution >= 4 is 10.0 Å². The van der Waals surface area contributed by atoms with E-state index in [9.17, 15) is 21.6 Å². The lowest BCUT2D eigenvalue weighted by Gasteiger charge is -2.15. The maximum atomic E-state index is 12.0. The molecule has 114 valence electrons. The van der Waals surface area contributed by atoms with Gasteiger partial charge < -0.3 is 5.32 Å². The summed E-state index contributed by atoms with van der Waals surface area (Å²) in [4.78, 5) is 0.00511. The van der Waals surface area contributed by atoms with E-state index in [4.69, 9.17) is 5.14 Å². The zero-order valence-corrected chi connectivity index (χ0v) is 11.8. The van der Waals surface area contributed by atoms with Gasteiger partial charge in [-0.2, -0.15) is 13.2 Å². The minimum Gasteiger partial charge on any atom is -0.310 e. The van der Waals surface area contributed by atoms with Crippen molar-refractivity contribution in [1.29, 1.82) is 0 Å². The van der Waals surface area contributed by atoms with E-state index in [1.54, 1.807) is 19.1 Å². The first-order chi connectivity index (χ1) is 9.09. The summed E-state index contributed by atoms with van der Waals surface area (Å²) in [6, 6.07) is 5.75. The van der Waals surface area contributed by atoms with Crippen LogP contribution in [0.3, 0.4) is 0 Å². The molecule has 20 heavy (non-hydrogen) atoms.